The van der Waals surface area contributed by atoms with E-state index in [9.17, 15) is 4.39 Å². The van der Waals surface area contributed by atoms with E-state index in [2.05, 4.69) is 0 Å². The Morgan fingerprint density at radius 3 is 1.71 bits per heavy atom. The van der Waals surface area contributed by atoms with E-state index < -0.39 is 11.6 Å². The normalized spacial score (nSPS) is 24.9. The molecule has 0 aromatic heterocycles. The van der Waals surface area contributed by atoms with Crippen molar-refractivity contribution < 1.29 is 27.4 Å². The summed E-state index contributed by atoms with van der Waals surface area (Å²) in [6.07, 6.45) is 6.63. The van der Waals surface area contributed by atoms with E-state index in [1.54, 1.807) is 24.3 Å². The second kappa shape index (κ2) is 12.3. The molecule has 0 spiro atoms. The molecular formula is C29H37F3O3. The van der Waals surface area contributed by atoms with Crippen LogP contribution in [0.3, 0.4) is 0 Å². The van der Waals surface area contributed by atoms with Crippen LogP contribution in [0.15, 0.2) is 30.3 Å². The Morgan fingerprint density at radius 2 is 1.23 bits per heavy atom. The molecule has 0 aliphatic heterocycles. The lowest BCUT2D eigenvalue weighted by Gasteiger charge is -2.31. The molecule has 0 amide bonds. The summed E-state index contributed by atoms with van der Waals surface area (Å²) >= 11 is 0. The number of rotatable bonds is 9. The highest BCUT2D eigenvalue weighted by Crippen LogP contribution is 2.40. The summed E-state index contributed by atoms with van der Waals surface area (Å²) < 4.78 is 61.4. The first kappa shape index (κ1) is 26.0. The quantitative estimate of drug-likeness (QED) is 0.359. The summed E-state index contributed by atoms with van der Waals surface area (Å²) in [5, 5.41) is 0. The molecule has 0 radical (unpaired) electrons. The van der Waals surface area contributed by atoms with Gasteiger partial charge in [-0.2, -0.15) is 0 Å². The lowest BCUT2D eigenvalue weighted by molar-refractivity contribution is 0.0118. The molecule has 2 aromatic carbocycles. The van der Waals surface area contributed by atoms with Gasteiger partial charge in [0.25, 0.3) is 0 Å². The SMILES string of the molecule is CCOc1ccc(COC2CCC(c3ccc(C4CCC(OCC)CC4)c(F)c3F)CC2)c(F)c1. The molecule has 0 unspecified atom stereocenters. The van der Waals surface area contributed by atoms with E-state index in [4.69, 9.17) is 14.2 Å². The third-order valence-electron chi connectivity index (χ3n) is 7.58. The third kappa shape index (κ3) is 6.39. The van der Waals surface area contributed by atoms with Gasteiger partial charge in [-0.1, -0.05) is 18.2 Å². The Morgan fingerprint density at radius 1 is 0.686 bits per heavy atom. The van der Waals surface area contributed by atoms with Crippen LogP contribution in [0, 0.1) is 17.5 Å². The van der Waals surface area contributed by atoms with Gasteiger partial charge < -0.3 is 14.2 Å². The second-order valence-corrected chi connectivity index (χ2v) is 9.77. The monoisotopic (exact) mass is 490 g/mol. The Balaban J connectivity index is 1.30. The first-order chi connectivity index (χ1) is 17.0. The molecule has 6 heteroatoms. The standard InChI is InChI=1S/C29H37F3O3/c1-3-33-22-10-5-19(6-11-22)25-15-16-26(29(32)28(25)31)20-7-12-23(13-8-20)35-18-21-9-14-24(34-4-2)17-27(21)30/h9,14-17,19-20,22-23H,3-8,10-13,18H2,1-2H3. The lowest BCUT2D eigenvalue weighted by Crippen LogP contribution is -2.23. The highest BCUT2D eigenvalue weighted by molar-refractivity contribution is 5.32. The Labute approximate surface area is 207 Å². The van der Waals surface area contributed by atoms with Crippen molar-refractivity contribution in [1.29, 1.82) is 0 Å². The highest BCUT2D eigenvalue weighted by Gasteiger charge is 2.30. The fraction of sp³-hybridized carbons (Fsp3) is 0.586. The van der Waals surface area contributed by atoms with Crippen LogP contribution in [0.4, 0.5) is 13.2 Å². The van der Waals surface area contributed by atoms with Gasteiger partial charge in [0.05, 0.1) is 25.4 Å². The van der Waals surface area contributed by atoms with Gasteiger partial charge in [0.15, 0.2) is 11.6 Å². The van der Waals surface area contributed by atoms with Gasteiger partial charge in [-0.15, -0.1) is 0 Å². The van der Waals surface area contributed by atoms with Gasteiger partial charge in [-0.05, 0) is 94.2 Å². The number of hydrogen-bond acceptors (Lipinski definition) is 3. The molecule has 2 aliphatic carbocycles. The van der Waals surface area contributed by atoms with Crippen molar-refractivity contribution in [2.75, 3.05) is 13.2 Å². The van der Waals surface area contributed by atoms with Crippen LogP contribution in [0.25, 0.3) is 0 Å². The van der Waals surface area contributed by atoms with Crippen molar-refractivity contribution in [3.05, 3.63) is 64.5 Å². The van der Waals surface area contributed by atoms with Crippen molar-refractivity contribution >= 4 is 0 Å². The topological polar surface area (TPSA) is 27.7 Å². The average molecular weight is 491 g/mol. The van der Waals surface area contributed by atoms with E-state index >= 15 is 8.78 Å². The number of hydrogen-bond donors (Lipinski definition) is 0. The van der Waals surface area contributed by atoms with E-state index in [1.165, 1.54) is 6.07 Å². The van der Waals surface area contributed by atoms with E-state index in [-0.39, 0.29) is 36.5 Å². The molecule has 0 N–H and O–H groups in total. The van der Waals surface area contributed by atoms with Gasteiger partial charge in [-0.25, -0.2) is 13.2 Å². The van der Waals surface area contributed by atoms with Crippen molar-refractivity contribution in [3.8, 4) is 5.75 Å². The first-order valence-electron chi connectivity index (χ1n) is 13.1. The van der Waals surface area contributed by atoms with Crippen LogP contribution in [0.5, 0.6) is 5.75 Å². The van der Waals surface area contributed by atoms with Gasteiger partial charge in [0, 0.05) is 18.2 Å². The molecule has 35 heavy (non-hydrogen) atoms. The van der Waals surface area contributed by atoms with Crippen LogP contribution in [0.1, 0.15) is 93.7 Å². The lowest BCUT2D eigenvalue weighted by atomic mass is 9.79. The molecule has 4 rings (SSSR count). The summed E-state index contributed by atoms with van der Waals surface area (Å²) in [4.78, 5) is 0. The molecule has 2 fully saturated rings. The smallest absolute Gasteiger partial charge is 0.162 e. The molecule has 192 valence electrons. The minimum absolute atomic E-state index is 0.00933. The van der Waals surface area contributed by atoms with E-state index in [0.717, 1.165) is 51.4 Å². The summed E-state index contributed by atoms with van der Waals surface area (Å²) in [5.41, 5.74) is 1.48. The Bertz CT molecular complexity index is 964. The Kier molecular flexibility index (Phi) is 9.12. The van der Waals surface area contributed by atoms with Crippen LogP contribution >= 0.6 is 0 Å². The average Bonchev–Trinajstić information content (AvgIpc) is 2.87. The van der Waals surface area contributed by atoms with E-state index in [1.807, 2.05) is 13.8 Å². The van der Waals surface area contributed by atoms with Gasteiger partial charge in [0.2, 0.25) is 0 Å². The van der Waals surface area contributed by atoms with Crippen LogP contribution in [-0.4, -0.2) is 25.4 Å². The molecule has 2 aromatic rings. The summed E-state index contributed by atoms with van der Waals surface area (Å²) in [6, 6.07) is 8.41. The first-order valence-corrected chi connectivity index (χ1v) is 13.1. The predicted octanol–water partition coefficient (Wildman–Crippen LogP) is 7.81. The molecule has 3 nitrogen and oxygen atoms in total. The summed E-state index contributed by atoms with van der Waals surface area (Å²) in [5.74, 6) is -1.15. The molecular weight excluding hydrogens is 453 g/mol. The van der Waals surface area contributed by atoms with Gasteiger partial charge in [-0.3, -0.25) is 0 Å². The largest absolute Gasteiger partial charge is 0.494 e. The van der Waals surface area contributed by atoms with Crippen molar-refractivity contribution in [1.82, 2.24) is 0 Å². The summed E-state index contributed by atoms with van der Waals surface area (Å²) in [6.45, 7) is 5.22. The minimum atomic E-state index is -0.685. The molecule has 2 saturated carbocycles. The summed E-state index contributed by atoms with van der Waals surface area (Å²) in [7, 11) is 0. The zero-order chi connectivity index (χ0) is 24.8. The zero-order valence-electron chi connectivity index (χ0n) is 20.8. The van der Waals surface area contributed by atoms with Crippen molar-refractivity contribution in [2.24, 2.45) is 0 Å². The van der Waals surface area contributed by atoms with E-state index in [0.29, 0.717) is 35.7 Å². The molecule has 2 aliphatic rings. The molecule has 0 saturated heterocycles. The maximum Gasteiger partial charge on any atom is 0.162 e. The number of benzene rings is 2. The van der Waals surface area contributed by atoms with Crippen molar-refractivity contribution in [3.63, 3.8) is 0 Å². The zero-order valence-corrected chi connectivity index (χ0v) is 20.8. The maximum absolute atomic E-state index is 15.1. The Hall–Kier alpha value is -2.05. The maximum atomic E-state index is 15.1. The molecule has 0 atom stereocenters. The number of halogens is 3. The van der Waals surface area contributed by atoms with Crippen LogP contribution < -0.4 is 4.74 Å². The number of ether oxygens (including phenoxy) is 3. The second-order valence-electron chi connectivity index (χ2n) is 9.77. The highest BCUT2D eigenvalue weighted by atomic mass is 19.2. The third-order valence-corrected chi connectivity index (χ3v) is 7.58. The molecule has 0 bridgehead atoms. The van der Waals surface area contributed by atoms with Crippen molar-refractivity contribution in [2.45, 2.75) is 95.9 Å². The fourth-order valence-electron chi connectivity index (χ4n) is 5.64. The molecule has 0 heterocycles. The fourth-order valence-corrected chi connectivity index (χ4v) is 5.64. The predicted molar refractivity (Wildman–Crippen MR) is 130 cm³/mol. The van der Waals surface area contributed by atoms with Gasteiger partial charge in [0.1, 0.15) is 11.6 Å². The van der Waals surface area contributed by atoms with Crippen LogP contribution in [0.2, 0.25) is 0 Å². The van der Waals surface area contributed by atoms with Gasteiger partial charge >= 0.3 is 0 Å². The van der Waals surface area contributed by atoms with Crippen LogP contribution in [-0.2, 0) is 16.1 Å². The minimum Gasteiger partial charge on any atom is -0.494 e.